The zero-order valence-electron chi connectivity index (χ0n) is 9.43. The van der Waals surface area contributed by atoms with Crippen LogP contribution in [0.15, 0.2) is 23.1 Å². The maximum Gasteiger partial charge on any atom is 0.329 e. The van der Waals surface area contributed by atoms with Gasteiger partial charge >= 0.3 is 5.97 Å². The maximum absolute atomic E-state index is 11.8. The van der Waals surface area contributed by atoms with Crippen LogP contribution in [-0.4, -0.2) is 15.6 Å². The van der Waals surface area contributed by atoms with Gasteiger partial charge in [0.1, 0.15) is 5.54 Å². The van der Waals surface area contributed by atoms with Gasteiger partial charge in [-0.05, 0) is 44.2 Å². The van der Waals surface area contributed by atoms with Crippen molar-refractivity contribution in [1.29, 1.82) is 0 Å². The van der Waals surface area contributed by atoms with Gasteiger partial charge in [-0.1, -0.05) is 0 Å². The minimum Gasteiger partial charge on any atom is -0.479 e. The van der Waals surface area contributed by atoms with E-state index in [-0.39, 0.29) is 11.5 Å². The van der Waals surface area contributed by atoms with Gasteiger partial charge in [0.25, 0.3) is 5.56 Å². The van der Waals surface area contributed by atoms with Crippen molar-refractivity contribution >= 4 is 5.97 Å². The minimum absolute atomic E-state index is 0.0745. The Morgan fingerprint density at radius 3 is 2.62 bits per heavy atom. The summed E-state index contributed by atoms with van der Waals surface area (Å²) in [6.07, 6.45) is 3.34. The fourth-order valence-electron chi connectivity index (χ4n) is 2.08. The van der Waals surface area contributed by atoms with Crippen molar-refractivity contribution in [3.8, 4) is 0 Å². The fraction of sp³-hybridized carbons (Fsp3) is 0.500. The van der Waals surface area contributed by atoms with Crippen LogP contribution in [0, 0.1) is 12.8 Å². The van der Waals surface area contributed by atoms with Crippen molar-refractivity contribution in [2.24, 2.45) is 5.92 Å². The van der Waals surface area contributed by atoms with Crippen LogP contribution in [0.2, 0.25) is 0 Å². The Balaban J connectivity index is 2.55. The lowest BCUT2D eigenvalue weighted by molar-refractivity contribution is -0.148. The molecule has 1 fully saturated rings. The molecule has 1 N–H and O–H groups in total. The van der Waals surface area contributed by atoms with E-state index in [0.717, 1.165) is 18.4 Å². The van der Waals surface area contributed by atoms with E-state index < -0.39 is 11.5 Å². The van der Waals surface area contributed by atoms with Gasteiger partial charge in [-0.2, -0.15) is 0 Å². The van der Waals surface area contributed by atoms with E-state index in [9.17, 15) is 14.7 Å². The summed E-state index contributed by atoms with van der Waals surface area (Å²) < 4.78 is 1.35. The minimum atomic E-state index is -1.09. The number of hydrogen-bond acceptors (Lipinski definition) is 2. The summed E-state index contributed by atoms with van der Waals surface area (Å²) in [6.45, 7) is 3.45. The first-order valence-electron chi connectivity index (χ1n) is 5.39. The first kappa shape index (κ1) is 10.9. The third-order valence-corrected chi connectivity index (χ3v) is 3.38. The SMILES string of the molecule is Cc1ccn(C(C)(C(=O)O)C2CC2)c(=O)c1. The molecule has 1 aliphatic carbocycles. The van der Waals surface area contributed by atoms with E-state index in [1.54, 1.807) is 19.2 Å². The van der Waals surface area contributed by atoms with E-state index in [1.807, 2.05) is 6.92 Å². The molecule has 0 spiro atoms. The molecule has 0 aliphatic heterocycles. The van der Waals surface area contributed by atoms with Crippen molar-refractivity contribution in [2.45, 2.75) is 32.2 Å². The fourth-order valence-corrected chi connectivity index (χ4v) is 2.08. The molecule has 1 aliphatic rings. The van der Waals surface area contributed by atoms with Crippen molar-refractivity contribution in [3.63, 3.8) is 0 Å². The highest BCUT2D eigenvalue weighted by molar-refractivity contribution is 5.77. The summed E-state index contributed by atoms with van der Waals surface area (Å²) in [5, 5.41) is 9.33. The molecule has 4 nitrogen and oxygen atoms in total. The van der Waals surface area contributed by atoms with E-state index in [4.69, 9.17) is 0 Å². The number of hydrogen-bond donors (Lipinski definition) is 1. The largest absolute Gasteiger partial charge is 0.479 e. The van der Waals surface area contributed by atoms with Crippen LogP contribution >= 0.6 is 0 Å². The first-order chi connectivity index (χ1) is 7.46. The number of aromatic nitrogens is 1. The van der Waals surface area contributed by atoms with E-state index >= 15 is 0 Å². The molecule has 1 heterocycles. The molecule has 0 saturated heterocycles. The predicted octanol–water partition coefficient (Wildman–Crippen LogP) is 1.37. The quantitative estimate of drug-likeness (QED) is 0.838. The number of carboxylic acid groups (broad SMARTS) is 1. The molecule has 0 amide bonds. The van der Waals surface area contributed by atoms with Crippen LogP contribution in [0.3, 0.4) is 0 Å². The van der Waals surface area contributed by atoms with Gasteiger partial charge in [0.2, 0.25) is 0 Å². The number of rotatable bonds is 3. The van der Waals surface area contributed by atoms with Crippen molar-refractivity contribution in [1.82, 2.24) is 4.57 Å². The summed E-state index contributed by atoms with van der Waals surface area (Å²) >= 11 is 0. The van der Waals surface area contributed by atoms with Crippen molar-refractivity contribution in [2.75, 3.05) is 0 Å². The third kappa shape index (κ3) is 1.54. The van der Waals surface area contributed by atoms with Gasteiger partial charge in [-0.3, -0.25) is 9.36 Å². The molecule has 2 rings (SSSR count). The second-order valence-electron chi connectivity index (χ2n) is 4.64. The Morgan fingerprint density at radius 1 is 1.56 bits per heavy atom. The Morgan fingerprint density at radius 2 is 2.19 bits per heavy atom. The number of carboxylic acids is 1. The van der Waals surface area contributed by atoms with Gasteiger partial charge in [0.05, 0.1) is 0 Å². The molecular formula is C12H15NO3. The molecule has 0 radical (unpaired) electrons. The first-order valence-corrected chi connectivity index (χ1v) is 5.39. The van der Waals surface area contributed by atoms with Crippen LogP contribution in [0.5, 0.6) is 0 Å². The average Bonchev–Trinajstić information content (AvgIpc) is 2.99. The Labute approximate surface area is 93.5 Å². The standard InChI is InChI=1S/C12H15NO3/c1-8-5-6-13(10(14)7-8)12(2,11(15)16)9-3-4-9/h5-7,9H,3-4H2,1-2H3,(H,15,16). The summed E-state index contributed by atoms with van der Waals surface area (Å²) in [6, 6.07) is 3.24. The smallest absolute Gasteiger partial charge is 0.329 e. The molecular weight excluding hydrogens is 206 g/mol. The third-order valence-electron chi connectivity index (χ3n) is 3.38. The molecule has 1 aromatic rings. The lowest BCUT2D eigenvalue weighted by Gasteiger charge is -2.27. The maximum atomic E-state index is 11.8. The molecule has 1 atom stereocenters. The summed E-state index contributed by atoms with van der Waals surface area (Å²) in [7, 11) is 0. The highest BCUT2D eigenvalue weighted by Gasteiger charge is 2.49. The van der Waals surface area contributed by atoms with Gasteiger partial charge in [-0.25, -0.2) is 4.79 Å². The zero-order chi connectivity index (χ0) is 11.9. The average molecular weight is 221 g/mol. The second-order valence-corrected chi connectivity index (χ2v) is 4.64. The molecule has 16 heavy (non-hydrogen) atoms. The lowest BCUT2D eigenvalue weighted by atomic mass is 9.95. The van der Waals surface area contributed by atoms with Crippen LogP contribution in [0.25, 0.3) is 0 Å². The number of pyridine rings is 1. The Hall–Kier alpha value is -1.58. The van der Waals surface area contributed by atoms with Crippen LogP contribution < -0.4 is 5.56 Å². The summed E-state index contributed by atoms with van der Waals surface area (Å²) in [5.74, 6) is -0.855. The van der Waals surface area contributed by atoms with Gasteiger partial charge in [0.15, 0.2) is 0 Å². The summed E-state index contributed by atoms with van der Waals surface area (Å²) in [5.41, 5.74) is -0.480. The normalized spacial score (nSPS) is 19.1. The van der Waals surface area contributed by atoms with E-state index in [1.165, 1.54) is 10.6 Å². The molecule has 0 aromatic carbocycles. The lowest BCUT2D eigenvalue weighted by Crippen LogP contribution is -2.46. The van der Waals surface area contributed by atoms with E-state index in [0.29, 0.717) is 0 Å². The number of aliphatic carboxylic acids is 1. The zero-order valence-corrected chi connectivity index (χ0v) is 9.43. The molecule has 1 unspecified atom stereocenters. The van der Waals surface area contributed by atoms with Gasteiger partial charge in [-0.15, -0.1) is 0 Å². The highest BCUT2D eigenvalue weighted by atomic mass is 16.4. The summed E-state index contributed by atoms with van der Waals surface area (Å²) in [4.78, 5) is 23.2. The van der Waals surface area contributed by atoms with Gasteiger partial charge < -0.3 is 5.11 Å². The number of carbonyl (C=O) groups is 1. The van der Waals surface area contributed by atoms with E-state index in [2.05, 4.69) is 0 Å². The topological polar surface area (TPSA) is 59.3 Å². The predicted molar refractivity (Wildman–Crippen MR) is 59.4 cm³/mol. The molecule has 0 bridgehead atoms. The molecule has 1 aromatic heterocycles. The monoisotopic (exact) mass is 221 g/mol. The molecule has 1 saturated carbocycles. The Bertz CT molecular complexity index is 487. The number of nitrogens with zero attached hydrogens (tertiary/aromatic N) is 1. The highest BCUT2D eigenvalue weighted by Crippen LogP contribution is 2.43. The molecule has 4 heteroatoms. The Kier molecular flexibility index (Phi) is 2.37. The van der Waals surface area contributed by atoms with Crippen LogP contribution in [0.4, 0.5) is 0 Å². The second kappa shape index (κ2) is 3.47. The number of aryl methyl sites for hydroxylation is 1. The van der Waals surface area contributed by atoms with Crippen LogP contribution in [0.1, 0.15) is 25.3 Å². The van der Waals surface area contributed by atoms with Crippen molar-refractivity contribution in [3.05, 3.63) is 34.2 Å². The molecule has 86 valence electrons. The van der Waals surface area contributed by atoms with Crippen LogP contribution in [-0.2, 0) is 10.3 Å². The van der Waals surface area contributed by atoms with Crippen molar-refractivity contribution < 1.29 is 9.90 Å². The van der Waals surface area contributed by atoms with Gasteiger partial charge in [0, 0.05) is 12.3 Å².